The molecular weight excluding hydrogens is 276 g/mol. The first-order valence-corrected chi connectivity index (χ1v) is 7.71. The van der Waals surface area contributed by atoms with Crippen molar-refractivity contribution >= 4 is 11.9 Å². The number of rotatable bonds is 10. The molecule has 0 spiro atoms. The Hall–Kier alpha value is -1.14. The standard InChI is InChI=1S/C15H24O6/c16-14-8-12(10-20-14)2-6-18-4-1-5-19-7-3-13-9-15(17)21-11-13/h12-13H,1-11H2. The zero-order chi connectivity index (χ0) is 14.9. The maximum absolute atomic E-state index is 10.9. The van der Waals surface area contributed by atoms with Crippen molar-refractivity contribution in [2.45, 2.75) is 32.1 Å². The summed E-state index contributed by atoms with van der Waals surface area (Å²) in [6.45, 7) is 3.77. The van der Waals surface area contributed by atoms with Gasteiger partial charge in [0.1, 0.15) is 0 Å². The predicted octanol–water partition coefficient (Wildman–Crippen LogP) is 1.32. The fourth-order valence-electron chi connectivity index (χ4n) is 2.47. The molecule has 2 aliphatic rings. The average molecular weight is 300 g/mol. The highest BCUT2D eigenvalue weighted by Gasteiger charge is 2.23. The zero-order valence-electron chi connectivity index (χ0n) is 12.4. The third-order valence-electron chi connectivity index (χ3n) is 3.79. The fourth-order valence-corrected chi connectivity index (χ4v) is 2.47. The molecule has 0 radical (unpaired) electrons. The number of cyclic esters (lactones) is 2. The summed E-state index contributed by atoms with van der Waals surface area (Å²) in [5.74, 6) is 0.459. The van der Waals surface area contributed by atoms with E-state index in [9.17, 15) is 9.59 Å². The smallest absolute Gasteiger partial charge is 0.306 e. The van der Waals surface area contributed by atoms with Crippen LogP contribution in [0.25, 0.3) is 0 Å². The average Bonchev–Trinajstić information content (AvgIpc) is 3.06. The summed E-state index contributed by atoms with van der Waals surface area (Å²) in [6, 6.07) is 0. The summed E-state index contributed by atoms with van der Waals surface area (Å²) in [5.41, 5.74) is 0. The highest BCUT2D eigenvalue weighted by atomic mass is 16.5. The van der Waals surface area contributed by atoms with Gasteiger partial charge in [-0.15, -0.1) is 0 Å². The SMILES string of the molecule is O=C1CC(CCOCCCOCCC2COC(=O)C2)CO1. The number of ether oxygens (including phenoxy) is 4. The van der Waals surface area contributed by atoms with Crippen LogP contribution in [0.1, 0.15) is 32.1 Å². The zero-order valence-corrected chi connectivity index (χ0v) is 12.4. The van der Waals surface area contributed by atoms with Crippen LogP contribution < -0.4 is 0 Å². The van der Waals surface area contributed by atoms with Crippen LogP contribution in [0.4, 0.5) is 0 Å². The Morgan fingerprint density at radius 1 is 0.810 bits per heavy atom. The van der Waals surface area contributed by atoms with Gasteiger partial charge in [-0.25, -0.2) is 0 Å². The van der Waals surface area contributed by atoms with Gasteiger partial charge in [0, 0.05) is 38.3 Å². The predicted molar refractivity (Wildman–Crippen MR) is 73.6 cm³/mol. The van der Waals surface area contributed by atoms with E-state index in [1.807, 2.05) is 0 Å². The second-order valence-corrected chi connectivity index (χ2v) is 5.66. The first-order chi connectivity index (χ1) is 10.2. The van der Waals surface area contributed by atoms with Crippen molar-refractivity contribution in [3.8, 4) is 0 Å². The molecule has 0 aromatic rings. The van der Waals surface area contributed by atoms with E-state index in [1.165, 1.54) is 0 Å². The molecular formula is C15H24O6. The van der Waals surface area contributed by atoms with Crippen LogP contribution in [-0.4, -0.2) is 51.6 Å². The highest BCUT2D eigenvalue weighted by molar-refractivity contribution is 5.71. The van der Waals surface area contributed by atoms with Gasteiger partial charge in [0.15, 0.2) is 0 Å². The lowest BCUT2D eigenvalue weighted by Crippen LogP contribution is -2.09. The highest BCUT2D eigenvalue weighted by Crippen LogP contribution is 2.18. The maximum Gasteiger partial charge on any atom is 0.306 e. The van der Waals surface area contributed by atoms with Gasteiger partial charge in [0.25, 0.3) is 0 Å². The molecule has 6 nitrogen and oxygen atoms in total. The van der Waals surface area contributed by atoms with Crippen molar-refractivity contribution in [2.24, 2.45) is 11.8 Å². The van der Waals surface area contributed by atoms with Crippen molar-refractivity contribution < 1.29 is 28.5 Å². The molecule has 0 saturated carbocycles. The third kappa shape index (κ3) is 6.44. The molecule has 2 atom stereocenters. The molecule has 2 saturated heterocycles. The Labute approximate surface area is 125 Å². The van der Waals surface area contributed by atoms with Gasteiger partial charge in [-0.1, -0.05) is 0 Å². The lowest BCUT2D eigenvalue weighted by molar-refractivity contribution is -0.138. The van der Waals surface area contributed by atoms with Gasteiger partial charge in [-0.2, -0.15) is 0 Å². The fraction of sp³-hybridized carbons (Fsp3) is 0.867. The quantitative estimate of drug-likeness (QED) is 0.447. The second-order valence-electron chi connectivity index (χ2n) is 5.66. The van der Waals surface area contributed by atoms with E-state index in [1.54, 1.807) is 0 Å². The van der Waals surface area contributed by atoms with Crippen LogP contribution in [0.2, 0.25) is 0 Å². The van der Waals surface area contributed by atoms with Crippen LogP contribution in [0, 0.1) is 11.8 Å². The summed E-state index contributed by atoms with van der Waals surface area (Å²) in [5, 5.41) is 0. The second kappa shape index (κ2) is 9.00. The Balaban J connectivity index is 1.32. The maximum atomic E-state index is 10.9. The van der Waals surface area contributed by atoms with Gasteiger partial charge < -0.3 is 18.9 Å². The minimum Gasteiger partial charge on any atom is -0.465 e. The minimum atomic E-state index is -0.0947. The summed E-state index contributed by atoms with van der Waals surface area (Å²) in [6.07, 6.45) is 3.67. The van der Waals surface area contributed by atoms with Gasteiger partial charge in [-0.05, 0) is 19.3 Å². The van der Waals surface area contributed by atoms with E-state index in [-0.39, 0.29) is 11.9 Å². The monoisotopic (exact) mass is 300 g/mol. The van der Waals surface area contributed by atoms with Gasteiger partial charge in [0.2, 0.25) is 0 Å². The molecule has 120 valence electrons. The molecule has 0 aromatic carbocycles. The Kier molecular flexibility index (Phi) is 6.95. The molecule has 2 unspecified atom stereocenters. The first-order valence-electron chi connectivity index (χ1n) is 7.71. The normalized spacial score (nSPS) is 25.1. The van der Waals surface area contributed by atoms with Crippen LogP contribution in [-0.2, 0) is 28.5 Å². The van der Waals surface area contributed by atoms with Crippen molar-refractivity contribution in [1.29, 1.82) is 0 Å². The lowest BCUT2D eigenvalue weighted by atomic mass is 10.1. The van der Waals surface area contributed by atoms with Crippen LogP contribution >= 0.6 is 0 Å². The van der Waals surface area contributed by atoms with Crippen LogP contribution in [0.5, 0.6) is 0 Å². The van der Waals surface area contributed by atoms with Crippen LogP contribution in [0.3, 0.4) is 0 Å². The summed E-state index contributed by atoms with van der Waals surface area (Å²) in [4.78, 5) is 21.8. The van der Waals surface area contributed by atoms with E-state index in [0.29, 0.717) is 64.3 Å². The van der Waals surface area contributed by atoms with Crippen molar-refractivity contribution in [3.63, 3.8) is 0 Å². The molecule has 2 fully saturated rings. The third-order valence-corrected chi connectivity index (χ3v) is 3.79. The van der Waals surface area contributed by atoms with Crippen molar-refractivity contribution in [3.05, 3.63) is 0 Å². The van der Waals surface area contributed by atoms with Gasteiger partial charge in [-0.3, -0.25) is 9.59 Å². The first kappa shape index (κ1) is 16.2. The van der Waals surface area contributed by atoms with Crippen molar-refractivity contribution in [2.75, 3.05) is 39.6 Å². The molecule has 0 aromatic heterocycles. The largest absolute Gasteiger partial charge is 0.465 e. The Bertz CT molecular complexity index is 311. The summed E-state index contributed by atoms with van der Waals surface area (Å²) in [7, 11) is 0. The van der Waals surface area contributed by atoms with E-state index in [4.69, 9.17) is 18.9 Å². The molecule has 0 N–H and O–H groups in total. The van der Waals surface area contributed by atoms with Crippen molar-refractivity contribution in [1.82, 2.24) is 0 Å². The van der Waals surface area contributed by atoms with E-state index in [2.05, 4.69) is 0 Å². The van der Waals surface area contributed by atoms with E-state index in [0.717, 1.165) is 19.3 Å². The summed E-state index contributed by atoms with van der Waals surface area (Å²) >= 11 is 0. The molecule has 21 heavy (non-hydrogen) atoms. The number of esters is 2. The topological polar surface area (TPSA) is 71.1 Å². The number of carbonyl (C=O) groups excluding carboxylic acids is 2. The molecule has 0 aliphatic carbocycles. The summed E-state index contributed by atoms with van der Waals surface area (Å²) < 4.78 is 20.8. The van der Waals surface area contributed by atoms with Gasteiger partial charge in [0.05, 0.1) is 26.1 Å². The molecule has 0 amide bonds. The number of carbonyl (C=O) groups is 2. The minimum absolute atomic E-state index is 0.0947. The van der Waals surface area contributed by atoms with E-state index < -0.39 is 0 Å². The molecule has 2 aliphatic heterocycles. The molecule has 2 heterocycles. The Morgan fingerprint density at radius 2 is 1.29 bits per heavy atom. The molecule has 0 bridgehead atoms. The lowest BCUT2D eigenvalue weighted by Gasteiger charge is -2.09. The van der Waals surface area contributed by atoms with Crippen LogP contribution in [0.15, 0.2) is 0 Å². The van der Waals surface area contributed by atoms with E-state index >= 15 is 0 Å². The number of hydrogen-bond acceptors (Lipinski definition) is 6. The molecule has 6 heteroatoms. The van der Waals surface area contributed by atoms with Gasteiger partial charge >= 0.3 is 11.9 Å². The molecule has 2 rings (SSSR count). The number of hydrogen-bond donors (Lipinski definition) is 0. The Morgan fingerprint density at radius 3 is 1.67 bits per heavy atom.